The van der Waals surface area contributed by atoms with Gasteiger partial charge in [-0.1, -0.05) is 13.0 Å². The minimum Gasteiger partial charge on any atom is -0.353 e. The quantitative estimate of drug-likeness (QED) is 0.623. The molecule has 1 heterocycles. The van der Waals surface area contributed by atoms with Crippen molar-refractivity contribution < 1.29 is 9.59 Å². The van der Waals surface area contributed by atoms with Crippen LogP contribution in [0, 0.1) is 0 Å². The Morgan fingerprint density at radius 3 is 2.74 bits per heavy atom. The topological polar surface area (TPSA) is 70.2 Å². The molecule has 2 amide bonds. The van der Waals surface area contributed by atoms with Crippen LogP contribution in [0.25, 0.3) is 0 Å². The molecule has 0 aromatic carbocycles. The van der Waals surface area contributed by atoms with Gasteiger partial charge >= 0.3 is 0 Å². The third-order valence-electron chi connectivity index (χ3n) is 2.51. The van der Waals surface area contributed by atoms with Crippen molar-refractivity contribution in [3.63, 3.8) is 0 Å². The summed E-state index contributed by atoms with van der Waals surface area (Å²) in [5, 5.41) is 10.5. The second kappa shape index (κ2) is 8.66. The molecule has 0 bridgehead atoms. The van der Waals surface area contributed by atoms with Gasteiger partial charge in [0.05, 0.1) is 4.88 Å². The van der Waals surface area contributed by atoms with E-state index < -0.39 is 6.04 Å². The van der Waals surface area contributed by atoms with Gasteiger partial charge in [0, 0.05) is 13.1 Å². The molecule has 0 aliphatic heterocycles. The van der Waals surface area contributed by atoms with E-state index in [9.17, 15) is 9.59 Å². The molecule has 6 heteroatoms. The molecule has 0 saturated carbocycles. The molecule has 0 radical (unpaired) electrons. The predicted molar refractivity (Wildman–Crippen MR) is 77.4 cm³/mol. The van der Waals surface area contributed by atoms with Crippen molar-refractivity contribution in [2.24, 2.45) is 0 Å². The molecule has 5 nitrogen and oxygen atoms in total. The number of carbonyl (C=O) groups excluding carboxylic acids is 2. The number of carbonyl (C=O) groups is 2. The number of nitrogens with one attached hydrogen (secondary N) is 3. The van der Waals surface area contributed by atoms with Gasteiger partial charge in [0.2, 0.25) is 5.91 Å². The summed E-state index contributed by atoms with van der Waals surface area (Å²) >= 11 is 1.36. The number of rotatable bonds is 8. The second-order valence-corrected chi connectivity index (χ2v) is 5.16. The molecule has 0 saturated heterocycles. The van der Waals surface area contributed by atoms with Crippen molar-refractivity contribution in [1.29, 1.82) is 0 Å². The fraction of sp³-hybridized carbons (Fsp3) is 0.538. The molecule has 1 rings (SSSR count). The van der Waals surface area contributed by atoms with Crippen LogP contribution < -0.4 is 16.0 Å². The van der Waals surface area contributed by atoms with Crippen molar-refractivity contribution in [3.8, 4) is 0 Å². The fourth-order valence-electron chi connectivity index (χ4n) is 1.47. The summed E-state index contributed by atoms with van der Waals surface area (Å²) < 4.78 is 0. The minimum atomic E-state index is -0.527. The molecule has 1 unspecified atom stereocenters. The van der Waals surface area contributed by atoms with Crippen molar-refractivity contribution in [2.45, 2.75) is 26.3 Å². The van der Waals surface area contributed by atoms with Crippen LogP contribution in [0.4, 0.5) is 0 Å². The molecule has 19 heavy (non-hydrogen) atoms. The Morgan fingerprint density at radius 2 is 2.11 bits per heavy atom. The van der Waals surface area contributed by atoms with Crippen LogP contribution in [-0.2, 0) is 4.79 Å². The summed E-state index contributed by atoms with van der Waals surface area (Å²) in [5.41, 5.74) is 0. The largest absolute Gasteiger partial charge is 0.353 e. The molecule has 1 aromatic heterocycles. The van der Waals surface area contributed by atoms with Crippen LogP contribution in [-0.4, -0.2) is 37.5 Å². The highest BCUT2D eigenvalue weighted by Crippen LogP contribution is 2.07. The minimum absolute atomic E-state index is 0.164. The zero-order chi connectivity index (χ0) is 14.1. The van der Waals surface area contributed by atoms with Gasteiger partial charge in [-0.15, -0.1) is 11.3 Å². The van der Waals surface area contributed by atoms with Crippen LogP contribution in [0.1, 0.15) is 29.9 Å². The summed E-state index contributed by atoms with van der Waals surface area (Å²) in [7, 11) is 0. The molecule has 106 valence electrons. The Balaban J connectivity index is 2.23. The molecule has 1 aromatic rings. The molecule has 0 aliphatic rings. The first-order valence-corrected chi connectivity index (χ1v) is 7.36. The maximum absolute atomic E-state index is 11.7. The maximum Gasteiger partial charge on any atom is 0.261 e. The van der Waals surface area contributed by atoms with E-state index in [0.717, 1.165) is 19.5 Å². The summed E-state index contributed by atoms with van der Waals surface area (Å²) in [6, 6.07) is 3.02. The lowest BCUT2D eigenvalue weighted by Crippen LogP contribution is -2.46. The SMILES string of the molecule is CCCNCCNC(=O)C(C)NC(=O)c1cccs1. The monoisotopic (exact) mass is 283 g/mol. The zero-order valence-corrected chi connectivity index (χ0v) is 12.2. The van der Waals surface area contributed by atoms with Crippen molar-refractivity contribution in [1.82, 2.24) is 16.0 Å². The number of hydrogen-bond donors (Lipinski definition) is 3. The highest BCUT2D eigenvalue weighted by Gasteiger charge is 2.16. The van der Waals surface area contributed by atoms with Crippen LogP contribution in [0.3, 0.4) is 0 Å². The molecule has 0 aliphatic carbocycles. The molecule has 3 N–H and O–H groups in total. The molecular formula is C13H21N3O2S. The predicted octanol–water partition coefficient (Wildman–Crippen LogP) is 0.982. The van der Waals surface area contributed by atoms with E-state index in [4.69, 9.17) is 0 Å². The van der Waals surface area contributed by atoms with E-state index >= 15 is 0 Å². The number of hydrogen-bond acceptors (Lipinski definition) is 4. The highest BCUT2D eigenvalue weighted by atomic mass is 32.1. The third kappa shape index (κ3) is 5.85. The van der Waals surface area contributed by atoms with Crippen LogP contribution in [0.15, 0.2) is 17.5 Å². The van der Waals surface area contributed by atoms with E-state index in [0.29, 0.717) is 11.4 Å². The zero-order valence-electron chi connectivity index (χ0n) is 11.4. The lowest BCUT2D eigenvalue weighted by molar-refractivity contribution is -0.122. The van der Waals surface area contributed by atoms with Gasteiger partial charge < -0.3 is 16.0 Å². The van der Waals surface area contributed by atoms with Gasteiger partial charge in [-0.2, -0.15) is 0 Å². The Bertz CT molecular complexity index is 393. The lowest BCUT2D eigenvalue weighted by atomic mass is 10.3. The highest BCUT2D eigenvalue weighted by molar-refractivity contribution is 7.12. The van der Waals surface area contributed by atoms with Gasteiger partial charge in [0.1, 0.15) is 6.04 Å². The van der Waals surface area contributed by atoms with Gasteiger partial charge in [0.25, 0.3) is 5.91 Å². The van der Waals surface area contributed by atoms with E-state index in [2.05, 4.69) is 22.9 Å². The average Bonchev–Trinajstić information content (AvgIpc) is 2.92. The number of amides is 2. The molecule has 0 spiro atoms. The second-order valence-electron chi connectivity index (χ2n) is 4.21. The Kier molecular flexibility index (Phi) is 7.14. The van der Waals surface area contributed by atoms with E-state index in [1.807, 2.05) is 11.4 Å². The van der Waals surface area contributed by atoms with Crippen LogP contribution >= 0.6 is 11.3 Å². The Labute approximate surface area is 117 Å². The normalized spacial score (nSPS) is 11.9. The van der Waals surface area contributed by atoms with E-state index in [1.54, 1.807) is 13.0 Å². The summed E-state index contributed by atoms with van der Waals surface area (Å²) in [5.74, 6) is -0.370. The average molecular weight is 283 g/mol. The van der Waals surface area contributed by atoms with E-state index in [1.165, 1.54) is 11.3 Å². The van der Waals surface area contributed by atoms with E-state index in [-0.39, 0.29) is 11.8 Å². The smallest absolute Gasteiger partial charge is 0.261 e. The van der Waals surface area contributed by atoms with Gasteiger partial charge in [-0.05, 0) is 31.3 Å². The van der Waals surface area contributed by atoms with Crippen molar-refractivity contribution in [2.75, 3.05) is 19.6 Å². The first-order chi connectivity index (χ1) is 9.15. The molecule has 0 fully saturated rings. The van der Waals surface area contributed by atoms with Crippen molar-refractivity contribution in [3.05, 3.63) is 22.4 Å². The van der Waals surface area contributed by atoms with Crippen LogP contribution in [0.5, 0.6) is 0 Å². The Hall–Kier alpha value is -1.40. The number of thiophene rings is 1. The standard InChI is InChI=1S/C13H21N3O2S/c1-3-6-14-7-8-15-12(17)10(2)16-13(18)11-5-4-9-19-11/h4-5,9-10,14H,3,6-8H2,1-2H3,(H,15,17)(H,16,18). The maximum atomic E-state index is 11.7. The van der Waals surface area contributed by atoms with Crippen LogP contribution in [0.2, 0.25) is 0 Å². The fourth-order valence-corrected chi connectivity index (χ4v) is 2.10. The summed E-state index contributed by atoms with van der Waals surface area (Å²) in [6.45, 7) is 6.03. The van der Waals surface area contributed by atoms with Crippen molar-refractivity contribution >= 4 is 23.2 Å². The first-order valence-electron chi connectivity index (χ1n) is 6.48. The van der Waals surface area contributed by atoms with Gasteiger partial charge in [0.15, 0.2) is 0 Å². The lowest BCUT2D eigenvalue weighted by Gasteiger charge is -2.13. The van der Waals surface area contributed by atoms with Gasteiger partial charge in [-0.25, -0.2) is 0 Å². The Morgan fingerprint density at radius 1 is 1.32 bits per heavy atom. The first kappa shape index (κ1) is 15.7. The molecule has 1 atom stereocenters. The summed E-state index contributed by atoms with van der Waals surface area (Å²) in [6.07, 6.45) is 1.07. The molecular weight excluding hydrogens is 262 g/mol. The summed E-state index contributed by atoms with van der Waals surface area (Å²) in [4.78, 5) is 24.1. The third-order valence-corrected chi connectivity index (χ3v) is 3.38. The van der Waals surface area contributed by atoms with Gasteiger partial charge in [-0.3, -0.25) is 9.59 Å².